The summed E-state index contributed by atoms with van der Waals surface area (Å²) in [6, 6.07) is 9.50. The minimum Gasteiger partial charge on any atom is -0.380 e. The molecule has 106 valence electrons. The maximum Gasteiger partial charge on any atom is 0.0641 e. The molecule has 0 spiro atoms. The highest BCUT2D eigenvalue weighted by atomic mass is 16.5. The van der Waals surface area contributed by atoms with Gasteiger partial charge >= 0.3 is 0 Å². The first-order chi connectivity index (χ1) is 9.35. The maximum atomic E-state index is 5.51. The van der Waals surface area contributed by atoms with Crippen molar-refractivity contribution >= 4 is 5.69 Å². The number of hydrogen-bond donors (Lipinski definition) is 1. The van der Waals surface area contributed by atoms with Crippen molar-refractivity contribution in [3.05, 3.63) is 29.8 Å². The SMILES string of the molecule is CCNC(CC)c1ccc(N2CCCOCC2)cc1. The van der Waals surface area contributed by atoms with Crippen molar-refractivity contribution in [2.24, 2.45) is 0 Å². The van der Waals surface area contributed by atoms with E-state index in [1.54, 1.807) is 0 Å². The normalized spacial score (nSPS) is 18.1. The fourth-order valence-electron chi connectivity index (χ4n) is 2.67. The molecule has 1 saturated heterocycles. The molecule has 1 N–H and O–H groups in total. The molecule has 0 bridgehead atoms. The summed E-state index contributed by atoms with van der Waals surface area (Å²) in [6.45, 7) is 9.25. The third-order valence-corrected chi connectivity index (χ3v) is 3.74. The van der Waals surface area contributed by atoms with Gasteiger partial charge in [-0.05, 0) is 37.1 Å². The fourth-order valence-corrected chi connectivity index (χ4v) is 2.67. The lowest BCUT2D eigenvalue weighted by Gasteiger charge is -2.23. The Morgan fingerprint density at radius 1 is 1.16 bits per heavy atom. The molecule has 1 unspecified atom stereocenters. The summed E-state index contributed by atoms with van der Waals surface area (Å²) < 4.78 is 5.51. The molecule has 0 saturated carbocycles. The summed E-state index contributed by atoms with van der Waals surface area (Å²) in [5, 5.41) is 3.52. The Morgan fingerprint density at radius 2 is 1.95 bits per heavy atom. The van der Waals surface area contributed by atoms with E-state index in [1.165, 1.54) is 11.3 Å². The van der Waals surface area contributed by atoms with Gasteiger partial charge in [0.2, 0.25) is 0 Å². The van der Waals surface area contributed by atoms with Crippen LogP contribution in [0.4, 0.5) is 5.69 Å². The maximum absolute atomic E-state index is 5.51. The Hall–Kier alpha value is -1.06. The first-order valence-electron chi connectivity index (χ1n) is 7.51. The summed E-state index contributed by atoms with van der Waals surface area (Å²) in [5.74, 6) is 0. The van der Waals surface area contributed by atoms with Crippen molar-refractivity contribution in [3.63, 3.8) is 0 Å². The molecular weight excluding hydrogens is 236 g/mol. The average molecular weight is 262 g/mol. The zero-order valence-corrected chi connectivity index (χ0v) is 12.2. The van der Waals surface area contributed by atoms with E-state index in [9.17, 15) is 0 Å². The summed E-state index contributed by atoms with van der Waals surface area (Å²) in [6.07, 6.45) is 2.25. The Balaban J connectivity index is 2.04. The lowest BCUT2D eigenvalue weighted by Crippen LogP contribution is -2.26. The molecule has 2 rings (SSSR count). The van der Waals surface area contributed by atoms with Gasteiger partial charge in [-0.1, -0.05) is 26.0 Å². The van der Waals surface area contributed by atoms with Crippen LogP contribution in [0.5, 0.6) is 0 Å². The van der Waals surface area contributed by atoms with Gasteiger partial charge in [0.25, 0.3) is 0 Å². The van der Waals surface area contributed by atoms with E-state index < -0.39 is 0 Å². The fraction of sp³-hybridized carbons (Fsp3) is 0.625. The van der Waals surface area contributed by atoms with Crippen molar-refractivity contribution in [1.29, 1.82) is 0 Å². The average Bonchev–Trinajstić information content (AvgIpc) is 2.74. The number of ether oxygens (including phenoxy) is 1. The van der Waals surface area contributed by atoms with Crippen LogP contribution in [0.3, 0.4) is 0 Å². The van der Waals surface area contributed by atoms with Crippen LogP contribution < -0.4 is 10.2 Å². The highest BCUT2D eigenvalue weighted by Crippen LogP contribution is 2.22. The van der Waals surface area contributed by atoms with E-state index in [4.69, 9.17) is 4.74 Å². The van der Waals surface area contributed by atoms with Crippen LogP contribution in [0, 0.1) is 0 Å². The van der Waals surface area contributed by atoms with Crippen LogP contribution >= 0.6 is 0 Å². The van der Waals surface area contributed by atoms with E-state index in [2.05, 4.69) is 48.3 Å². The molecule has 0 aliphatic carbocycles. The molecule has 3 nitrogen and oxygen atoms in total. The number of nitrogens with zero attached hydrogens (tertiary/aromatic N) is 1. The van der Waals surface area contributed by atoms with Crippen LogP contribution in [0.2, 0.25) is 0 Å². The first-order valence-corrected chi connectivity index (χ1v) is 7.51. The second-order valence-electron chi connectivity index (χ2n) is 5.06. The monoisotopic (exact) mass is 262 g/mol. The van der Waals surface area contributed by atoms with Gasteiger partial charge in [0, 0.05) is 31.4 Å². The number of rotatable bonds is 5. The lowest BCUT2D eigenvalue weighted by atomic mass is 10.0. The third-order valence-electron chi connectivity index (χ3n) is 3.74. The summed E-state index contributed by atoms with van der Waals surface area (Å²) in [7, 11) is 0. The van der Waals surface area contributed by atoms with Gasteiger partial charge in [-0.25, -0.2) is 0 Å². The molecular formula is C16H26N2O. The minimum atomic E-state index is 0.478. The number of nitrogens with one attached hydrogen (secondary N) is 1. The van der Waals surface area contributed by atoms with E-state index in [0.717, 1.165) is 45.7 Å². The minimum absolute atomic E-state index is 0.478. The van der Waals surface area contributed by atoms with Crippen LogP contribution in [0.1, 0.15) is 38.3 Å². The Kier molecular flexibility index (Phi) is 5.67. The van der Waals surface area contributed by atoms with Gasteiger partial charge in [0.1, 0.15) is 0 Å². The van der Waals surface area contributed by atoms with E-state index in [1.807, 2.05) is 0 Å². The molecule has 0 amide bonds. The highest BCUT2D eigenvalue weighted by Gasteiger charge is 2.11. The van der Waals surface area contributed by atoms with Gasteiger partial charge in [0.15, 0.2) is 0 Å². The number of hydrogen-bond acceptors (Lipinski definition) is 3. The van der Waals surface area contributed by atoms with Gasteiger partial charge in [0.05, 0.1) is 6.61 Å². The largest absolute Gasteiger partial charge is 0.380 e. The zero-order valence-electron chi connectivity index (χ0n) is 12.2. The van der Waals surface area contributed by atoms with Crippen molar-refractivity contribution < 1.29 is 4.74 Å². The van der Waals surface area contributed by atoms with Crippen LogP contribution in [0.15, 0.2) is 24.3 Å². The van der Waals surface area contributed by atoms with E-state index in [-0.39, 0.29) is 0 Å². The molecule has 1 heterocycles. The lowest BCUT2D eigenvalue weighted by molar-refractivity contribution is 0.152. The summed E-state index contributed by atoms with van der Waals surface area (Å²) >= 11 is 0. The standard InChI is InChI=1S/C16H26N2O/c1-3-16(17-4-2)14-6-8-15(9-7-14)18-10-5-12-19-13-11-18/h6-9,16-17H,3-5,10-13H2,1-2H3. The highest BCUT2D eigenvalue weighted by molar-refractivity contribution is 5.48. The van der Waals surface area contributed by atoms with E-state index >= 15 is 0 Å². The van der Waals surface area contributed by atoms with Crippen molar-refractivity contribution in [2.75, 3.05) is 37.7 Å². The molecule has 19 heavy (non-hydrogen) atoms. The zero-order chi connectivity index (χ0) is 13.5. The Morgan fingerprint density at radius 3 is 2.63 bits per heavy atom. The van der Waals surface area contributed by atoms with Crippen molar-refractivity contribution in [2.45, 2.75) is 32.7 Å². The number of anilines is 1. The predicted octanol–water partition coefficient (Wildman–Crippen LogP) is 2.97. The predicted molar refractivity (Wildman–Crippen MR) is 80.8 cm³/mol. The molecule has 1 aliphatic heterocycles. The van der Waals surface area contributed by atoms with E-state index in [0.29, 0.717) is 6.04 Å². The van der Waals surface area contributed by atoms with Gasteiger partial charge in [-0.15, -0.1) is 0 Å². The van der Waals surface area contributed by atoms with Gasteiger partial charge < -0.3 is 15.0 Å². The van der Waals surface area contributed by atoms with Gasteiger partial charge in [-0.2, -0.15) is 0 Å². The van der Waals surface area contributed by atoms with Crippen LogP contribution in [-0.4, -0.2) is 32.8 Å². The Labute approximate surface area is 116 Å². The molecule has 3 heteroatoms. The molecule has 1 fully saturated rings. The van der Waals surface area contributed by atoms with Crippen LogP contribution in [0.25, 0.3) is 0 Å². The first kappa shape index (κ1) is 14.4. The summed E-state index contributed by atoms with van der Waals surface area (Å²) in [5.41, 5.74) is 2.71. The second-order valence-corrected chi connectivity index (χ2v) is 5.06. The second kappa shape index (κ2) is 7.51. The van der Waals surface area contributed by atoms with Crippen molar-refractivity contribution in [3.8, 4) is 0 Å². The molecule has 1 aromatic rings. The topological polar surface area (TPSA) is 24.5 Å². The molecule has 1 atom stereocenters. The third kappa shape index (κ3) is 3.95. The van der Waals surface area contributed by atoms with Crippen molar-refractivity contribution in [1.82, 2.24) is 5.32 Å². The van der Waals surface area contributed by atoms with Gasteiger partial charge in [-0.3, -0.25) is 0 Å². The molecule has 1 aliphatic rings. The number of benzene rings is 1. The Bertz CT molecular complexity index is 356. The van der Waals surface area contributed by atoms with Crippen LogP contribution in [-0.2, 0) is 4.74 Å². The quantitative estimate of drug-likeness (QED) is 0.883. The molecule has 0 radical (unpaired) electrons. The molecule has 1 aromatic carbocycles. The summed E-state index contributed by atoms with van der Waals surface area (Å²) in [4.78, 5) is 2.42. The molecule has 0 aromatic heterocycles. The smallest absolute Gasteiger partial charge is 0.0641 e.